The molecule has 0 spiro atoms. The van der Waals surface area contributed by atoms with Crippen LogP contribution in [0.25, 0.3) is 0 Å². The average Bonchev–Trinajstić information content (AvgIpc) is 2.36. The van der Waals surface area contributed by atoms with Gasteiger partial charge in [-0.3, -0.25) is 4.79 Å². The standard InChI is InChI=1S/C13H20N2O3/c1-10(8-17-3)18-9-13(16)15(2)12-6-4-11(14)5-7-12/h4-7,10H,8-9,14H2,1-3H3. The Morgan fingerprint density at radius 1 is 1.39 bits per heavy atom. The summed E-state index contributed by atoms with van der Waals surface area (Å²) in [6, 6.07) is 7.11. The summed E-state index contributed by atoms with van der Waals surface area (Å²) in [4.78, 5) is 13.4. The number of anilines is 2. The Morgan fingerprint density at radius 3 is 2.56 bits per heavy atom. The largest absolute Gasteiger partial charge is 0.399 e. The van der Waals surface area contributed by atoms with Crippen LogP contribution in [0.3, 0.4) is 0 Å². The van der Waals surface area contributed by atoms with Crippen LogP contribution in [0.4, 0.5) is 11.4 Å². The fourth-order valence-electron chi connectivity index (χ4n) is 1.44. The number of hydrogen-bond acceptors (Lipinski definition) is 4. The van der Waals surface area contributed by atoms with Crippen LogP contribution < -0.4 is 10.6 Å². The van der Waals surface area contributed by atoms with Crippen molar-refractivity contribution in [3.05, 3.63) is 24.3 Å². The van der Waals surface area contributed by atoms with E-state index >= 15 is 0 Å². The lowest BCUT2D eigenvalue weighted by Gasteiger charge is -2.19. The quantitative estimate of drug-likeness (QED) is 0.775. The van der Waals surface area contributed by atoms with E-state index in [0.717, 1.165) is 5.69 Å². The van der Waals surface area contributed by atoms with Gasteiger partial charge in [0.2, 0.25) is 0 Å². The van der Waals surface area contributed by atoms with E-state index < -0.39 is 0 Å². The molecule has 0 heterocycles. The fourth-order valence-corrected chi connectivity index (χ4v) is 1.44. The molecule has 2 N–H and O–H groups in total. The van der Waals surface area contributed by atoms with Crippen molar-refractivity contribution in [2.75, 3.05) is 38.0 Å². The number of carbonyl (C=O) groups excluding carboxylic acids is 1. The highest BCUT2D eigenvalue weighted by molar-refractivity contribution is 5.93. The third-order valence-electron chi connectivity index (χ3n) is 2.55. The molecule has 1 unspecified atom stereocenters. The van der Waals surface area contributed by atoms with Gasteiger partial charge in [0, 0.05) is 25.5 Å². The van der Waals surface area contributed by atoms with Gasteiger partial charge in [-0.1, -0.05) is 0 Å². The van der Waals surface area contributed by atoms with E-state index in [-0.39, 0.29) is 18.6 Å². The van der Waals surface area contributed by atoms with E-state index in [4.69, 9.17) is 15.2 Å². The highest BCUT2D eigenvalue weighted by Gasteiger charge is 2.12. The summed E-state index contributed by atoms with van der Waals surface area (Å²) < 4.78 is 10.3. The predicted molar refractivity (Wildman–Crippen MR) is 71.6 cm³/mol. The molecule has 0 aliphatic heterocycles. The topological polar surface area (TPSA) is 64.8 Å². The van der Waals surface area contributed by atoms with Crippen LogP contribution in [-0.2, 0) is 14.3 Å². The molecular formula is C13H20N2O3. The minimum Gasteiger partial charge on any atom is -0.399 e. The second-order valence-electron chi connectivity index (χ2n) is 4.12. The Balaban J connectivity index is 2.48. The minimum absolute atomic E-state index is 0.0331. The van der Waals surface area contributed by atoms with Crippen LogP contribution in [-0.4, -0.2) is 39.4 Å². The number of methoxy groups -OCH3 is 1. The van der Waals surface area contributed by atoms with Gasteiger partial charge < -0.3 is 20.1 Å². The molecule has 0 bridgehead atoms. The molecule has 1 amide bonds. The van der Waals surface area contributed by atoms with Crippen LogP contribution in [0.2, 0.25) is 0 Å². The monoisotopic (exact) mass is 252 g/mol. The van der Waals surface area contributed by atoms with Crippen molar-refractivity contribution in [1.82, 2.24) is 0 Å². The minimum atomic E-state index is -0.109. The summed E-state index contributed by atoms with van der Waals surface area (Å²) >= 11 is 0. The maximum absolute atomic E-state index is 11.9. The molecule has 0 aliphatic carbocycles. The smallest absolute Gasteiger partial charge is 0.252 e. The van der Waals surface area contributed by atoms with Crippen molar-refractivity contribution in [2.45, 2.75) is 13.0 Å². The second-order valence-corrected chi connectivity index (χ2v) is 4.12. The number of nitrogen functional groups attached to an aromatic ring is 1. The lowest BCUT2D eigenvalue weighted by Crippen LogP contribution is -2.32. The van der Waals surface area contributed by atoms with E-state index in [1.807, 2.05) is 6.92 Å². The van der Waals surface area contributed by atoms with Crippen LogP contribution in [0, 0.1) is 0 Å². The van der Waals surface area contributed by atoms with Crippen molar-refractivity contribution in [1.29, 1.82) is 0 Å². The van der Waals surface area contributed by atoms with Crippen molar-refractivity contribution in [3.63, 3.8) is 0 Å². The van der Waals surface area contributed by atoms with Crippen molar-refractivity contribution in [2.24, 2.45) is 0 Å². The molecule has 5 heteroatoms. The van der Waals surface area contributed by atoms with E-state index in [2.05, 4.69) is 0 Å². The molecule has 0 aromatic heterocycles. The fraction of sp³-hybridized carbons (Fsp3) is 0.462. The van der Waals surface area contributed by atoms with Crippen LogP contribution >= 0.6 is 0 Å². The Hall–Kier alpha value is -1.59. The number of nitrogens with zero attached hydrogens (tertiary/aromatic N) is 1. The summed E-state index contributed by atoms with van der Waals surface area (Å²) in [7, 11) is 3.31. The van der Waals surface area contributed by atoms with Gasteiger partial charge in [-0.15, -0.1) is 0 Å². The highest BCUT2D eigenvalue weighted by Crippen LogP contribution is 2.14. The Labute approximate surface area is 107 Å². The first-order valence-corrected chi connectivity index (χ1v) is 5.77. The SMILES string of the molecule is COCC(C)OCC(=O)N(C)c1ccc(N)cc1. The first-order valence-electron chi connectivity index (χ1n) is 5.77. The van der Waals surface area contributed by atoms with E-state index in [1.54, 1.807) is 43.3 Å². The lowest BCUT2D eigenvalue weighted by molar-refractivity contribution is -0.125. The zero-order chi connectivity index (χ0) is 13.5. The number of rotatable bonds is 6. The maximum Gasteiger partial charge on any atom is 0.252 e. The molecule has 0 radical (unpaired) electrons. The summed E-state index contributed by atoms with van der Waals surface area (Å²) in [5.41, 5.74) is 7.05. The predicted octanol–water partition coefficient (Wildman–Crippen LogP) is 1.28. The molecule has 0 fully saturated rings. The van der Waals surface area contributed by atoms with Crippen molar-refractivity contribution in [3.8, 4) is 0 Å². The second kappa shape index (κ2) is 6.98. The van der Waals surface area contributed by atoms with E-state index in [9.17, 15) is 4.79 Å². The van der Waals surface area contributed by atoms with E-state index in [0.29, 0.717) is 12.3 Å². The number of nitrogens with two attached hydrogens (primary N) is 1. The Bertz CT molecular complexity index is 378. The summed E-state index contributed by atoms with van der Waals surface area (Å²) in [6.07, 6.45) is -0.0984. The first-order chi connectivity index (χ1) is 8.54. The number of carbonyl (C=O) groups is 1. The van der Waals surface area contributed by atoms with Gasteiger partial charge in [0.05, 0.1) is 12.7 Å². The van der Waals surface area contributed by atoms with Gasteiger partial charge in [0.1, 0.15) is 6.61 Å². The number of benzene rings is 1. The van der Waals surface area contributed by atoms with Crippen LogP contribution in [0.15, 0.2) is 24.3 Å². The van der Waals surface area contributed by atoms with Crippen molar-refractivity contribution < 1.29 is 14.3 Å². The first kappa shape index (κ1) is 14.5. The normalized spacial score (nSPS) is 12.2. The molecule has 1 rings (SSSR count). The molecule has 18 heavy (non-hydrogen) atoms. The number of hydrogen-bond donors (Lipinski definition) is 1. The van der Waals surface area contributed by atoms with Crippen LogP contribution in [0.5, 0.6) is 0 Å². The van der Waals surface area contributed by atoms with Gasteiger partial charge in [-0.2, -0.15) is 0 Å². The molecule has 1 atom stereocenters. The number of amides is 1. The zero-order valence-electron chi connectivity index (χ0n) is 11.1. The zero-order valence-corrected chi connectivity index (χ0v) is 11.1. The van der Waals surface area contributed by atoms with Gasteiger partial charge in [0.25, 0.3) is 5.91 Å². The van der Waals surface area contributed by atoms with Gasteiger partial charge >= 0.3 is 0 Å². The molecule has 0 aliphatic rings. The third kappa shape index (κ3) is 4.35. The molecule has 5 nitrogen and oxygen atoms in total. The van der Waals surface area contributed by atoms with Crippen molar-refractivity contribution >= 4 is 17.3 Å². The van der Waals surface area contributed by atoms with Gasteiger partial charge in [-0.05, 0) is 31.2 Å². The van der Waals surface area contributed by atoms with Gasteiger partial charge in [-0.25, -0.2) is 0 Å². The molecule has 0 saturated carbocycles. The lowest BCUT2D eigenvalue weighted by atomic mass is 10.2. The summed E-state index contributed by atoms with van der Waals surface area (Å²) in [6.45, 7) is 2.37. The number of ether oxygens (including phenoxy) is 2. The molecular weight excluding hydrogens is 232 g/mol. The molecule has 100 valence electrons. The van der Waals surface area contributed by atoms with Crippen LogP contribution in [0.1, 0.15) is 6.92 Å². The maximum atomic E-state index is 11.9. The van der Waals surface area contributed by atoms with Gasteiger partial charge in [0.15, 0.2) is 0 Å². The Morgan fingerprint density at radius 2 is 2.00 bits per heavy atom. The molecule has 1 aromatic rings. The molecule has 1 aromatic carbocycles. The average molecular weight is 252 g/mol. The highest BCUT2D eigenvalue weighted by atomic mass is 16.5. The summed E-state index contributed by atoms with van der Waals surface area (Å²) in [5.74, 6) is -0.109. The Kier molecular flexibility index (Phi) is 5.61. The summed E-state index contributed by atoms with van der Waals surface area (Å²) in [5, 5.41) is 0. The molecule has 0 saturated heterocycles. The number of likely N-dealkylation sites (N-methyl/N-ethyl adjacent to an activating group) is 1. The third-order valence-corrected chi connectivity index (χ3v) is 2.55. The van der Waals surface area contributed by atoms with E-state index in [1.165, 1.54) is 0 Å².